The summed E-state index contributed by atoms with van der Waals surface area (Å²) in [5.41, 5.74) is 0.453. The van der Waals surface area contributed by atoms with Crippen LogP contribution in [0.5, 0.6) is 0 Å². The standard InChI is InChI=1S/C28H26F3N5O4S/c29-28(30,31)25-24(35-27(40-25)20-9-5-2-6-10-20)26(37)34-21-11-12-23(32-18-21)36-15-13-22(14-16-36)41(38,39)33-17-19-7-3-1-4-8-19/h1-12,18,22,33H,13-17H2,(H,34,37). The Morgan fingerprint density at radius 3 is 2.24 bits per heavy atom. The molecule has 1 amide bonds. The molecule has 0 saturated carbocycles. The number of piperidine rings is 1. The van der Waals surface area contributed by atoms with E-state index < -0.39 is 38.8 Å². The summed E-state index contributed by atoms with van der Waals surface area (Å²) in [4.78, 5) is 22.8. The summed E-state index contributed by atoms with van der Waals surface area (Å²) in [6.45, 7) is 1.13. The van der Waals surface area contributed by atoms with Crippen LogP contribution in [0.2, 0.25) is 0 Å². The van der Waals surface area contributed by atoms with Gasteiger partial charge in [-0.15, -0.1) is 0 Å². The number of nitrogens with one attached hydrogen (secondary N) is 2. The number of aromatic nitrogens is 2. The van der Waals surface area contributed by atoms with Gasteiger partial charge in [-0.3, -0.25) is 4.79 Å². The van der Waals surface area contributed by atoms with Gasteiger partial charge in [0.25, 0.3) is 5.91 Å². The molecule has 2 N–H and O–H groups in total. The fraction of sp³-hybridized carbons (Fsp3) is 0.250. The summed E-state index contributed by atoms with van der Waals surface area (Å²) < 4.78 is 73.9. The fourth-order valence-corrected chi connectivity index (χ4v) is 5.94. The number of nitrogens with zero attached hydrogens (tertiary/aromatic N) is 3. The van der Waals surface area contributed by atoms with E-state index >= 15 is 0 Å². The molecule has 4 aromatic rings. The highest BCUT2D eigenvalue weighted by molar-refractivity contribution is 7.90. The van der Waals surface area contributed by atoms with Crippen LogP contribution in [0.1, 0.15) is 34.7 Å². The fourth-order valence-electron chi connectivity index (χ4n) is 4.50. The number of hydrogen-bond donors (Lipinski definition) is 2. The number of alkyl halides is 3. The van der Waals surface area contributed by atoms with Gasteiger partial charge in [-0.25, -0.2) is 23.1 Å². The molecule has 0 bridgehead atoms. The molecule has 1 aliphatic rings. The second-order valence-corrected chi connectivity index (χ2v) is 11.5. The molecule has 3 heterocycles. The highest BCUT2D eigenvalue weighted by atomic mass is 32.2. The number of carbonyl (C=O) groups is 1. The van der Waals surface area contributed by atoms with Crippen molar-refractivity contribution in [2.45, 2.75) is 30.8 Å². The van der Waals surface area contributed by atoms with Crippen LogP contribution in [0.3, 0.4) is 0 Å². The van der Waals surface area contributed by atoms with Gasteiger partial charge in [0.2, 0.25) is 21.7 Å². The van der Waals surface area contributed by atoms with Crippen LogP contribution in [0, 0.1) is 0 Å². The molecular weight excluding hydrogens is 559 g/mol. The lowest BCUT2D eigenvalue weighted by Crippen LogP contribution is -2.43. The Kier molecular flexibility index (Phi) is 8.08. The number of sulfonamides is 1. The van der Waals surface area contributed by atoms with Crippen molar-refractivity contribution < 1.29 is 30.8 Å². The maximum Gasteiger partial charge on any atom is 0.452 e. The number of anilines is 2. The Morgan fingerprint density at radius 2 is 1.63 bits per heavy atom. The molecule has 1 aliphatic heterocycles. The number of carbonyl (C=O) groups excluding carboxylic acids is 1. The predicted octanol–water partition coefficient (Wildman–Crippen LogP) is 5.10. The van der Waals surface area contributed by atoms with Crippen LogP contribution in [0.15, 0.2) is 83.4 Å². The van der Waals surface area contributed by atoms with Crippen molar-refractivity contribution in [3.05, 3.63) is 96.0 Å². The van der Waals surface area contributed by atoms with Gasteiger partial charge in [0.15, 0.2) is 5.69 Å². The van der Waals surface area contributed by atoms with Crippen LogP contribution < -0.4 is 14.9 Å². The van der Waals surface area contributed by atoms with Gasteiger partial charge in [0, 0.05) is 25.2 Å². The van der Waals surface area contributed by atoms with Crippen molar-refractivity contribution in [1.29, 1.82) is 0 Å². The molecule has 1 saturated heterocycles. The zero-order valence-corrected chi connectivity index (χ0v) is 22.5. The van der Waals surface area contributed by atoms with E-state index in [2.05, 4.69) is 20.0 Å². The second kappa shape index (κ2) is 11.7. The molecule has 41 heavy (non-hydrogen) atoms. The summed E-state index contributed by atoms with van der Waals surface area (Å²) in [5.74, 6) is -2.35. The highest BCUT2D eigenvalue weighted by Gasteiger charge is 2.42. The summed E-state index contributed by atoms with van der Waals surface area (Å²) >= 11 is 0. The lowest BCUT2D eigenvalue weighted by Gasteiger charge is -2.32. The number of rotatable bonds is 8. The SMILES string of the molecule is O=C(Nc1ccc(N2CCC(S(=O)(=O)NCc3ccccc3)CC2)nc1)c1nc(-c2ccccc2)oc1C(F)(F)F. The second-order valence-electron chi connectivity index (χ2n) is 9.46. The molecule has 2 aromatic carbocycles. The Bertz CT molecular complexity index is 1590. The molecule has 0 unspecified atom stereocenters. The van der Waals surface area contributed by atoms with E-state index in [-0.39, 0.29) is 18.1 Å². The van der Waals surface area contributed by atoms with Gasteiger partial charge < -0.3 is 14.6 Å². The summed E-state index contributed by atoms with van der Waals surface area (Å²) in [5, 5.41) is 1.85. The highest BCUT2D eigenvalue weighted by Crippen LogP contribution is 2.35. The molecule has 9 nitrogen and oxygen atoms in total. The van der Waals surface area contributed by atoms with Crippen LogP contribution in [-0.4, -0.2) is 42.6 Å². The molecule has 1 fully saturated rings. The average Bonchev–Trinajstić information content (AvgIpc) is 3.45. The first kappa shape index (κ1) is 28.3. The lowest BCUT2D eigenvalue weighted by atomic mass is 10.1. The molecule has 0 radical (unpaired) electrons. The third-order valence-corrected chi connectivity index (χ3v) is 8.55. The molecule has 13 heteroatoms. The number of amides is 1. The topological polar surface area (TPSA) is 117 Å². The molecular formula is C28H26F3N5O4S. The van der Waals surface area contributed by atoms with Gasteiger partial charge in [0.05, 0.1) is 17.1 Å². The third kappa shape index (κ3) is 6.74. The van der Waals surface area contributed by atoms with E-state index in [0.29, 0.717) is 37.3 Å². The quantitative estimate of drug-likeness (QED) is 0.296. The van der Waals surface area contributed by atoms with Crippen LogP contribution >= 0.6 is 0 Å². The molecule has 0 atom stereocenters. The normalized spacial score (nSPS) is 14.7. The Morgan fingerprint density at radius 1 is 0.976 bits per heavy atom. The molecule has 214 valence electrons. The molecule has 5 rings (SSSR count). The molecule has 0 spiro atoms. The number of pyridine rings is 1. The zero-order chi connectivity index (χ0) is 29.0. The maximum atomic E-state index is 13.6. The van der Waals surface area contributed by atoms with Crippen molar-refractivity contribution in [2.24, 2.45) is 0 Å². The maximum absolute atomic E-state index is 13.6. The number of benzene rings is 2. The summed E-state index contributed by atoms with van der Waals surface area (Å²) in [7, 11) is -3.50. The first-order valence-corrected chi connectivity index (χ1v) is 14.3. The Hall–Kier alpha value is -4.23. The predicted molar refractivity (Wildman–Crippen MR) is 147 cm³/mol. The number of halogens is 3. The van der Waals surface area contributed by atoms with Crippen LogP contribution in [0.25, 0.3) is 11.5 Å². The number of hydrogen-bond acceptors (Lipinski definition) is 7. The van der Waals surface area contributed by atoms with E-state index in [4.69, 9.17) is 4.42 Å². The van der Waals surface area contributed by atoms with Crippen molar-refractivity contribution in [2.75, 3.05) is 23.3 Å². The van der Waals surface area contributed by atoms with Crippen molar-refractivity contribution in [1.82, 2.24) is 14.7 Å². The monoisotopic (exact) mass is 585 g/mol. The van der Waals surface area contributed by atoms with Crippen LogP contribution in [0.4, 0.5) is 24.7 Å². The summed E-state index contributed by atoms with van der Waals surface area (Å²) in [6.07, 6.45) is -2.80. The minimum atomic E-state index is -4.93. The van der Waals surface area contributed by atoms with E-state index in [1.54, 1.807) is 24.3 Å². The van der Waals surface area contributed by atoms with Crippen LogP contribution in [-0.2, 0) is 22.7 Å². The Balaban J connectivity index is 1.20. The minimum absolute atomic E-state index is 0.165. The van der Waals surface area contributed by atoms with Gasteiger partial charge in [-0.1, -0.05) is 48.5 Å². The zero-order valence-electron chi connectivity index (χ0n) is 21.6. The van der Waals surface area contributed by atoms with E-state index in [1.165, 1.54) is 24.4 Å². The van der Waals surface area contributed by atoms with E-state index in [0.717, 1.165) is 5.56 Å². The molecule has 0 aliphatic carbocycles. The smallest absolute Gasteiger partial charge is 0.431 e. The summed E-state index contributed by atoms with van der Waals surface area (Å²) in [6, 6.07) is 20.4. The largest absolute Gasteiger partial charge is 0.452 e. The van der Waals surface area contributed by atoms with E-state index in [9.17, 15) is 26.4 Å². The van der Waals surface area contributed by atoms with Gasteiger partial charge in [0.1, 0.15) is 5.82 Å². The van der Waals surface area contributed by atoms with Crippen molar-refractivity contribution in [3.8, 4) is 11.5 Å². The third-order valence-electron chi connectivity index (χ3n) is 6.65. The average molecular weight is 586 g/mol. The van der Waals surface area contributed by atoms with Gasteiger partial charge >= 0.3 is 6.18 Å². The number of oxazole rings is 1. The van der Waals surface area contributed by atoms with Gasteiger partial charge in [-0.2, -0.15) is 13.2 Å². The first-order valence-electron chi connectivity index (χ1n) is 12.8. The lowest BCUT2D eigenvalue weighted by molar-refractivity contribution is -0.153. The van der Waals surface area contributed by atoms with E-state index in [1.807, 2.05) is 35.2 Å². The first-order chi connectivity index (χ1) is 19.6. The van der Waals surface area contributed by atoms with Gasteiger partial charge in [-0.05, 0) is 42.7 Å². The Labute approximate surface area is 234 Å². The van der Waals surface area contributed by atoms with Crippen molar-refractivity contribution in [3.63, 3.8) is 0 Å². The minimum Gasteiger partial charge on any atom is -0.431 e. The van der Waals surface area contributed by atoms with Crippen molar-refractivity contribution >= 4 is 27.4 Å². The molecule has 2 aromatic heterocycles.